The van der Waals surface area contributed by atoms with Crippen LogP contribution in [0.2, 0.25) is 0 Å². The zero-order chi connectivity index (χ0) is 12.3. The fourth-order valence-electron chi connectivity index (χ4n) is 3.04. The minimum Gasteiger partial charge on any atom is -0.388 e. The Labute approximate surface area is 107 Å². The number of aliphatic hydroxyl groups excluding tert-OH is 1. The van der Waals surface area contributed by atoms with Crippen molar-refractivity contribution in [3.05, 3.63) is 10.6 Å². The Balaban J connectivity index is 2.27. The predicted molar refractivity (Wildman–Crippen MR) is 69.2 cm³/mol. The van der Waals surface area contributed by atoms with Gasteiger partial charge in [0, 0.05) is 6.04 Å². The van der Waals surface area contributed by atoms with Crippen molar-refractivity contribution < 1.29 is 5.11 Å². The minimum atomic E-state index is -0.0453. The summed E-state index contributed by atoms with van der Waals surface area (Å²) < 4.78 is 2.68. The SMILES string of the molecule is CCC(C1CCCCC1)n1c(CO)n[nH]c1=S. The van der Waals surface area contributed by atoms with E-state index in [0.717, 1.165) is 6.42 Å². The van der Waals surface area contributed by atoms with Crippen LogP contribution in [-0.2, 0) is 6.61 Å². The maximum absolute atomic E-state index is 9.32. The molecule has 4 nitrogen and oxygen atoms in total. The topological polar surface area (TPSA) is 53.8 Å². The van der Waals surface area contributed by atoms with Crippen molar-refractivity contribution in [2.24, 2.45) is 5.92 Å². The quantitative estimate of drug-likeness (QED) is 0.813. The van der Waals surface area contributed by atoms with Crippen molar-refractivity contribution in [2.45, 2.75) is 58.1 Å². The van der Waals surface area contributed by atoms with Gasteiger partial charge in [0.25, 0.3) is 0 Å². The van der Waals surface area contributed by atoms with E-state index in [0.29, 0.717) is 22.6 Å². The zero-order valence-corrected chi connectivity index (χ0v) is 11.2. The van der Waals surface area contributed by atoms with E-state index < -0.39 is 0 Å². The molecule has 1 unspecified atom stereocenters. The maximum Gasteiger partial charge on any atom is 0.195 e. The largest absolute Gasteiger partial charge is 0.388 e. The lowest BCUT2D eigenvalue weighted by molar-refractivity contribution is 0.215. The van der Waals surface area contributed by atoms with Gasteiger partial charge in [0.05, 0.1) is 0 Å². The lowest BCUT2D eigenvalue weighted by atomic mass is 9.83. The second-order valence-corrected chi connectivity index (χ2v) is 5.23. The molecule has 1 heterocycles. The molecule has 2 N–H and O–H groups in total. The van der Waals surface area contributed by atoms with Crippen LogP contribution < -0.4 is 0 Å². The Hall–Kier alpha value is -0.680. The Kier molecular flexibility index (Phi) is 4.34. The van der Waals surface area contributed by atoms with Gasteiger partial charge < -0.3 is 5.11 Å². The van der Waals surface area contributed by atoms with E-state index >= 15 is 0 Å². The first-order valence-corrected chi connectivity index (χ1v) is 6.95. The monoisotopic (exact) mass is 255 g/mol. The van der Waals surface area contributed by atoms with Gasteiger partial charge in [0.1, 0.15) is 6.61 Å². The summed E-state index contributed by atoms with van der Waals surface area (Å²) in [5.41, 5.74) is 0. The number of aliphatic hydroxyl groups is 1. The van der Waals surface area contributed by atoms with Crippen LogP contribution in [0.5, 0.6) is 0 Å². The molecule has 1 fully saturated rings. The fraction of sp³-hybridized carbons (Fsp3) is 0.833. The van der Waals surface area contributed by atoms with E-state index in [1.165, 1.54) is 32.1 Å². The molecule has 1 aromatic heterocycles. The number of rotatable bonds is 4. The average molecular weight is 255 g/mol. The van der Waals surface area contributed by atoms with Gasteiger partial charge in [-0.2, -0.15) is 5.10 Å². The molecule has 2 rings (SSSR count). The molecule has 1 aliphatic carbocycles. The summed E-state index contributed by atoms with van der Waals surface area (Å²) in [4.78, 5) is 0. The number of H-pyrrole nitrogens is 1. The normalized spacial score (nSPS) is 19.4. The van der Waals surface area contributed by atoms with Crippen molar-refractivity contribution in [1.82, 2.24) is 14.8 Å². The number of hydrogen-bond acceptors (Lipinski definition) is 3. The van der Waals surface area contributed by atoms with Crippen LogP contribution in [0.15, 0.2) is 0 Å². The van der Waals surface area contributed by atoms with Crippen LogP contribution in [0.4, 0.5) is 0 Å². The highest BCUT2D eigenvalue weighted by atomic mass is 32.1. The summed E-state index contributed by atoms with van der Waals surface area (Å²) in [5, 5.41) is 16.2. The summed E-state index contributed by atoms with van der Waals surface area (Å²) in [5.74, 6) is 1.36. The molecule has 0 aromatic carbocycles. The minimum absolute atomic E-state index is 0.0453. The van der Waals surface area contributed by atoms with E-state index in [1.807, 2.05) is 4.57 Å². The first-order valence-electron chi connectivity index (χ1n) is 6.54. The fourth-order valence-corrected chi connectivity index (χ4v) is 3.32. The summed E-state index contributed by atoms with van der Waals surface area (Å²) >= 11 is 5.28. The molecule has 0 aliphatic heterocycles. The Bertz CT molecular complexity index is 406. The van der Waals surface area contributed by atoms with Crippen molar-refractivity contribution in [3.63, 3.8) is 0 Å². The molecular weight excluding hydrogens is 234 g/mol. The predicted octanol–water partition coefficient (Wildman–Crippen LogP) is 2.96. The van der Waals surface area contributed by atoms with Crippen molar-refractivity contribution in [2.75, 3.05) is 0 Å². The van der Waals surface area contributed by atoms with Gasteiger partial charge in [-0.05, 0) is 37.4 Å². The number of nitrogens with zero attached hydrogens (tertiary/aromatic N) is 2. The summed E-state index contributed by atoms with van der Waals surface area (Å²) in [6.07, 6.45) is 7.59. The number of hydrogen-bond donors (Lipinski definition) is 2. The van der Waals surface area contributed by atoms with E-state index in [1.54, 1.807) is 0 Å². The highest BCUT2D eigenvalue weighted by Crippen LogP contribution is 2.35. The van der Waals surface area contributed by atoms with E-state index in [9.17, 15) is 5.11 Å². The Morgan fingerprint density at radius 1 is 1.47 bits per heavy atom. The third-order valence-corrected chi connectivity index (χ3v) is 4.15. The maximum atomic E-state index is 9.32. The van der Waals surface area contributed by atoms with Crippen molar-refractivity contribution >= 4 is 12.2 Å². The summed E-state index contributed by atoms with van der Waals surface area (Å²) in [6.45, 7) is 2.14. The lowest BCUT2D eigenvalue weighted by Crippen LogP contribution is -2.23. The average Bonchev–Trinajstić information content (AvgIpc) is 2.74. The van der Waals surface area contributed by atoms with Crippen LogP contribution in [0, 0.1) is 10.7 Å². The van der Waals surface area contributed by atoms with Crippen LogP contribution in [0.3, 0.4) is 0 Å². The van der Waals surface area contributed by atoms with Crippen LogP contribution >= 0.6 is 12.2 Å². The molecule has 96 valence electrons. The van der Waals surface area contributed by atoms with E-state index in [-0.39, 0.29) is 6.61 Å². The first kappa shape index (κ1) is 12.8. The summed E-state index contributed by atoms with van der Waals surface area (Å²) in [6, 6.07) is 0.392. The van der Waals surface area contributed by atoms with Crippen molar-refractivity contribution in [3.8, 4) is 0 Å². The molecule has 0 radical (unpaired) electrons. The molecule has 1 saturated carbocycles. The summed E-state index contributed by atoms with van der Waals surface area (Å²) in [7, 11) is 0. The first-order chi connectivity index (χ1) is 8.27. The highest BCUT2D eigenvalue weighted by Gasteiger charge is 2.26. The van der Waals surface area contributed by atoms with Gasteiger partial charge in [-0.3, -0.25) is 9.67 Å². The van der Waals surface area contributed by atoms with E-state index in [4.69, 9.17) is 12.2 Å². The second kappa shape index (κ2) is 5.78. The van der Waals surface area contributed by atoms with Crippen LogP contribution in [0.25, 0.3) is 0 Å². The second-order valence-electron chi connectivity index (χ2n) is 4.85. The van der Waals surface area contributed by atoms with Gasteiger partial charge in [0.15, 0.2) is 10.6 Å². The Morgan fingerprint density at radius 3 is 2.76 bits per heavy atom. The molecule has 0 bridgehead atoms. The van der Waals surface area contributed by atoms with Gasteiger partial charge in [-0.25, -0.2) is 0 Å². The zero-order valence-electron chi connectivity index (χ0n) is 10.4. The molecule has 17 heavy (non-hydrogen) atoms. The van der Waals surface area contributed by atoms with Gasteiger partial charge in [-0.1, -0.05) is 26.2 Å². The third kappa shape index (κ3) is 2.60. The van der Waals surface area contributed by atoms with Gasteiger partial charge in [0.2, 0.25) is 0 Å². The number of nitrogens with one attached hydrogen (secondary N) is 1. The van der Waals surface area contributed by atoms with Crippen LogP contribution in [0.1, 0.15) is 57.3 Å². The Morgan fingerprint density at radius 2 is 2.18 bits per heavy atom. The number of aromatic amines is 1. The van der Waals surface area contributed by atoms with Crippen molar-refractivity contribution in [1.29, 1.82) is 0 Å². The molecule has 1 aromatic rings. The van der Waals surface area contributed by atoms with Gasteiger partial charge in [-0.15, -0.1) is 0 Å². The standard InChI is InChI=1S/C12H21N3OS/c1-2-10(9-6-4-3-5-7-9)15-11(8-16)13-14-12(15)17/h9-10,16H,2-8H2,1H3,(H,14,17). The van der Waals surface area contributed by atoms with Gasteiger partial charge >= 0.3 is 0 Å². The molecule has 0 spiro atoms. The lowest BCUT2D eigenvalue weighted by Gasteiger charge is -2.31. The molecule has 0 amide bonds. The van der Waals surface area contributed by atoms with Crippen LogP contribution in [-0.4, -0.2) is 19.9 Å². The number of aromatic nitrogens is 3. The molecule has 5 heteroatoms. The molecule has 0 saturated heterocycles. The molecular formula is C12H21N3OS. The smallest absolute Gasteiger partial charge is 0.195 e. The molecule has 1 atom stereocenters. The molecule has 1 aliphatic rings. The third-order valence-electron chi connectivity index (χ3n) is 3.86. The highest BCUT2D eigenvalue weighted by molar-refractivity contribution is 7.71. The van der Waals surface area contributed by atoms with E-state index in [2.05, 4.69) is 17.1 Å².